The van der Waals surface area contributed by atoms with Crippen molar-refractivity contribution >= 4 is 35.7 Å². The summed E-state index contributed by atoms with van der Waals surface area (Å²) in [5.74, 6) is 0.00721. The van der Waals surface area contributed by atoms with Crippen LogP contribution in [-0.4, -0.2) is 35.6 Å². The van der Waals surface area contributed by atoms with Crippen molar-refractivity contribution in [1.29, 1.82) is 0 Å². The molecule has 10 nitrogen and oxygen atoms in total. The Hall–Kier alpha value is -0.294. The minimum atomic E-state index is -5.14. The minimum absolute atomic E-state index is 0. The van der Waals surface area contributed by atoms with Crippen LogP contribution >= 0.6 is 0 Å². The molecule has 0 aliphatic heterocycles. The molecule has 0 saturated carbocycles. The topological polar surface area (TPSA) is 177 Å². The summed E-state index contributed by atoms with van der Waals surface area (Å²) >= 11 is 0. The Morgan fingerprint density at radius 2 is 1.72 bits per heavy atom. The van der Waals surface area contributed by atoms with Gasteiger partial charge in [0.05, 0.1) is 34.0 Å². The van der Waals surface area contributed by atoms with Gasteiger partial charge in [0.15, 0.2) is 9.84 Å². The zero-order valence-corrected chi connectivity index (χ0v) is 21.4. The van der Waals surface area contributed by atoms with Crippen LogP contribution in [0.25, 0.3) is 0 Å². The molecule has 0 bridgehead atoms. The van der Waals surface area contributed by atoms with Crippen molar-refractivity contribution in [3.63, 3.8) is 0 Å². The molecule has 0 radical (unpaired) electrons. The Labute approximate surface area is 212 Å². The third kappa shape index (κ3) is 7.12. The van der Waals surface area contributed by atoms with Crippen molar-refractivity contribution in [2.45, 2.75) is 41.0 Å². The molecular formula is C15H19KN2O8S3. The summed E-state index contributed by atoms with van der Waals surface area (Å²) in [5.41, 5.74) is -0.367. The maximum Gasteiger partial charge on any atom is 1.00 e. The van der Waals surface area contributed by atoms with Crippen LogP contribution in [0.3, 0.4) is 0 Å². The molecule has 2 rings (SSSR count). The van der Waals surface area contributed by atoms with E-state index in [2.05, 4.69) is 5.32 Å². The largest absolute Gasteiger partial charge is 1.00 e. The quantitative estimate of drug-likeness (QED) is 0.298. The molecule has 1 heterocycles. The number of benzene rings is 1. The Morgan fingerprint density at radius 1 is 1.07 bits per heavy atom. The van der Waals surface area contributed by atoms with Gasteiger partial charge in [0.25, 0.3) is 0 Å². The molecule has 1 aromatic heterocycles. The van der Waals surface area contributed by atoms with Crippen molar-refractivity contribution in [2.75, 3.05) is 11.1 Å². The van der Waals surface area contributed by atoms with E-state index in [1.54, 1.807) is 19.1 Å². The third-order valence-corrected chi connectivity index (χ3v) is 7.55. The van der Waals surface area contributed by atoms with Gasteiger partial charge in [-0.05, 0) is 30.7 Å². The van der Waals surface area contributed by atoms with Crippen molar-refractivity contribution in [3.8, 4) is 0 Å². The zero-order chi connectivity index (χ0) is 21.2. The second kappa shape index (κ2) is 10.3. The Bertz CT molecular complexity index is 1160. The summed E-state index contributed by atoms with van der Waals surface area (Å²) in [6.45, 7) is 1.68. The first kappa shape index (κ1) is 26.7. The summed E-state index contributed by atoms with van der Waals surface area (Å²) in [7, 11) is -13.9. The molecule has 0 unspecified atom stereocenters. The standard InChI is InChI=1S/C15H20N2O8S3.K/c1-2-3-7-26(18,19)14-8-12(17-10-11-5-4-6-25-11)13(28(22,23)24)9-15(14)27(16,20)21;/h4-6,8-9,17H,2-3,7,10H2,1H3,(H2,16,20,21)(H,22,23,24);/q;+1/p-1. The molecule has 0 spiro atoms. The van der Waals surface area contributed by atoms with Gasteiger partial charge in [0.2, 0.25) is 10.0 Å². The van der Waals surface area contributed by atoms with Crippen LogP contribution in [0.5, 0.6) is 0 Å². The predicted octanol–water partition coefficient (Wildman–Crippen LogP) is -1.98. The van der Waals surface area contributed by atoms with Crippen LogP contribution in [0.15, 0.2) is 49.6 Å². The Balaban J connectivity index is 0.00000420. The van der Waals surface area contributed by atoms with Crippen LogP contribution in [0, 0.1) is 0 Å². The number of sulfonamides is 1. The van der Waals surface area contributed by atoms with E-state index in [0.29, 0.717) is 18.2 Å². The van der Waals surface area contributed by atoms with Crippen LogP contribution in [0.1, 0.15) is 25.5 Å². The monoisotopic (exact) mass is 490 g/mol. The van der Waals surface area contributed by atoms with E-state index in [4.69, 9.17) is 9.56 Å². The van der Waals surface area contributed by atoms with Gasteiger partial charge in [-0.1, -0.05) is 13.3 Å². The Morgan fingerprint density at radius 3 is 2.21 bits per heavy atom. The molecule has 0 aliphatic carbocycles. The van der Waals surface area contributed by atoms with Crippen LogP contribution in [-0.2, 0) is 36.5 Å². The fourth-order valence-corrected chi connectivity index (χ4v) is 6.03. The number of hydrogen-bond acceptors (Lipinski definition) is 9. The number of furan rings is 1. The fourth-order valence-electron chi connectivity index (χ4n) is 2.39. The third-order valence-electron chi connectivity index (χ3n) is 3.76. The number of primary sulfonamides is 1. The smallest absolute Gasteiger partial charge is 0.744 e. The van der Waals surface area contributed by atoms with Gasteiger partial charge in [0, 0.05) is 0 Å². The molecular weight excluding hydrogens is 471 g/mol. The summed E-state index contributed by atoms with van der Waals surface area (Å²) < 4.78 is 89.0. The summed E-state index contributed by atoms with van der Waals surface area (Å²) in [5, 5.41) is 7.67. The van der Waals surface area contributed by atoms with Gasteiger partial charge in [-0.25, -0.2) is 30.4 Å². The molecule has 29 heavy (non-hydrogen) atoms. The van der Waals surface area contributed by atoms with E-state index in [0.717, 1.165) is 6.07 Å². The minimum Gasteiger partial charge on any atom is -0.744 e. The van der Waals surface area contributed by atoms with Gasteiger partial charge < -0.3 is 14.3 Å². The molecule has 156 valence electrons. The van der Waals surface area contributed by atoms with E-state index in [-0.39, 0.29) is 75.8 Å². The summed E-state index contributed by atoms with van der Waals surface area (Å²) in [6, 6.07) is 4.42. The van der Waals surface area contributed by atoms with Crippen molar-refractivity contribution in [2.24, 2.45) is 5.14 Å². The van der Waals surface area contributed by atoms with Crippen molar-refractivity contribution < 1.29 is 85.6 Å². The van der Waals surface area contributed by atoms with Crippen LogP contribution in [0.4, 0.5) is 5.69 Å². The van der Waals surface area contributed by atoms with E-state index in [9.17, 15) is 29.8 Å². The van der Waals surface area contributed by atoms with Gasteiger partial charge in [-0.15, -0.1) is 0 Å². The predicted molar refractivity (Wildman–Crippen MR) is 98.8 cm³/mol. The number of unbranched alkanes of at least 4 members (excludes halogenated alkanes) is 1. The number of rotatable bonds is 9. The number of hydrogen-bond donors (Lipinski definition) is 2. The van der Waals surface area contributed by atoms with E-state index in [1.807, 2.05) is 0 Å². The second-order valence-corrected chi connectivity index (χ2v) is 10.9. The molecule has 3 N–H and O–H groups in total. The first-order valence-corrected chi connectivity index (χ1v) is 12.6. The molecule has 0 amide bonds. The number of anilines is 1. The van der Waals surface area contributed by atoms with Crippen molar-refractivity contribution in [3.05, 3.63) is 36.3 Å². The van der Waals surface area contributed by atoms with Crippen LogP contribution in [0.2, 0.25) is 0 Å². The first-order valence-electron chi connectivity index (χ1n) is 8.02. The molecule has 0 fully saturated rings. The normalized spacial score (nSPS) is 12.4. The number of nitrogens with one attached hydrogen (secondary N) is 1. The van der Waals surface area contributed by atoms with Crippen LogP contribution < -0.4 is 61.8 Å². The number of nitrogens with two attached hydrogens (primary N) is 1. The van der Waals surface area contributed by atoms with Gasteiger partial charge in [0.1, 0.15) is 20.8 Å². The summed E-state index contributed by atoms with van der Waals surface area (Å²) in [4.78, 5) is -2.54. The Kier molecular flexibility index (Phi) is 9.54. The maximum atomic E-state index is 12.6. The van der Waals surface area contributed by atoms with Gasteiger partial charge >= 0.3 is 51.4 Å². The van der Waals surface area contributed by atoms with E-state index >= 15 is 0 Å². The van der Waals surface area contributed by atoms with Crippen molar-refractivity contribution in [1.82, 2.24) is 0 Å². The molecule has 1 aromatic carbocycles. The molecule has 0 atom stereocenters. The average molecular weight is 491 g/mol. The van der Waals surface area contributed by atoms with Gasteiger partial charge in [-0.2, -0.15) is 0 Å². The average Bonchev–Trinajstić information content (AvgIpc) is 3.09. The maximum absolute atomic E-state index is 12.6. The zero-order valence-electron chi connectivity index (χ0n) is 15.8. The molecule has 2 aromatic rings. The molecule has 0 saturated heterocycles. The van der Waals surface area contributed by atoms with E-state index in [1.165, 1.54) is 6.26 Å². The number of sulfone groups is 1. The van der Waals surface area contributed by atoms with E-state index < -0.39 is 44.7 Å². The first-order chi connectivity index (χ1) is 12.9. The van der Waals surface area contributed by atoms with Gasteiger partial charge in [-0.3, -0.25) is 0 Å². The molecule has 0 aliphatic rings. The fraction of sp³-hybridized carbons (Fsp3) is 0.333. The SMILES string of the molecule is CCCCS(=O)(=O)c1cc(NCc2ccco2)c(S(=O)(=O)[O-])cc1S(N)(=O)=O.[K+]. The summed E-state index contributed by atoms with van der Waals surface area (Å²) in [6.07, 6.45) is 2.15. The second-order valence-electron chi connectivity index (χ2n) is 5.90. The molecule has 14 heteroatoms.